The number of ether oxygens (including phenoxy) is 1. The Hall–Kier alpha value is -2.42. The second-order valence-electron chi connectivity index (χ2n) is 4.30. The summed E-state index contributed by atoms with van der Waals surface area (Å²) in [5.74, 6) is -0.258. The van der Waals surface area contributed by atoms with E-state index in [9.17, 15) is 13.2 Å². The number of hydrogen-bond donors (Lipinski definition) is 1. The van der Waals surface area contributed by atoms with E-state index in [0.29, 0.717) is 21.9 Å². The van der Waals surface area contributed by atoms with E-state index < -0.39 is 6.36 Å². The molecule has 0 saturated carbocycles. The Morgan fingerprint density at radius 1 is 1.18 bits per heavy atom. The van der Waals surface area contributed by atoms with Crippen molar-refractivity contribution in [2.24, 2.45) is 0 Å². The summed E-state index contributed by atoms with van der Waals surface area (Å²) in [7, 11) is 0. The maximum Gasteiger partial charge on any atom is 0.573 e. The number of alkyl halides is 3. The van der Waals surface area contributed by atoms with Gasteiger partial charge in [0.05, 0.1) is 10.2 Å². The predicted molar refractivity (Wildman–Crippen MR) is 75.7 cm³/mol. The van der Waals surface area contributed by atoms with Gasteiger partial charge in [-0.1, -0.05) is 11.3 Å². The molecule has 0 aliphatic rings. The number of fused-ring (bicyclic) bond motifs is 1. The van der Waals surface area contributed by atoms with Crippen molar-refractivity contribution < 1.29 is 17.9 Å². The summed E-state index contributed by atoms with van der Waals surface area (Å²) in [6.45, 7) is 0.479. The summed E-state index contributed by atoms with van der Waals surface area (Å²) in [6, 6.07) is 4.05. The lowest BCUT2D eigenvalue weighted by Crippen LogP contribution is -2.16. The van der Waals surface area contributed by atoms with Crippen LogP contribution in [0.1, 0.15) is 5.56 Å². The fourth-order valence-corrected chi connectivity index (χ4v) is 2.67. The predicted octanol–water partition coefficient (Wildman–Crippen LogP) is 3.60. The summed E-state index contributed by atoms with van der Waals surface area (Å²) in [6.07, 6.45) is 0.0707. The lowest BCUT2D eigenvalue weighted by atomic mass is 10.3. The van der Waals surface area contributed by atoms with Crippen molar-refractivity contribution in [1.29, 1.82) is 0 Å². The van der Waals surface area contributed by atoms with Crippen molar-refractivity contribution in [1.82, 2.24) is 15.0 Å². The molecular formula is C13H9F3N4OS. The first-order valence-corrected chi connectivity index (χ1v) is 6.95. The highest BCUT2D eigenvalue weighted by Gasteiger charge is 2.31. The van der Waals surface area contributed by atoms with Gasteiger partial charge < -0.3 is 10.1 Å². The number of thiazole rings is 1. The van der Waals surface area contributed by atoms with Crippen LogP contribution in [0.4, 0.5) is 18.3 Å². The number of nitrogens with one attached hydrogen (secondary N) is 1. The number of anilines is 1. The van der Waals surface area contributed by atoms with Crippen LogP contribution in [-0.2, 0) is 6.54 Å². The fraction of sp³-hybridized carbons (Fsp3) is 0.154. The van der Waals surface area contributed by atoms with Crippen LogP contribution in [0, 0.1) is 0 Å². The summed E-state index contributed by atoms with van der Waals surface area (Å²) in [5.41, 5.74) is 1.48. The molecule has 0 radical (unpaired) electrons. The minimum atomic E-state index is -4.70. The van der Waals surface area contributed by atoms with Crippen molar-refractivity contribution in [2.45, 2.75) is 12.9 Å². The quantitative estimate of drug-likeness (QED) is 0.794. The molecule has 114 valence electrons. The summed E-state index contributed by atoms with van der Waals surface area (Å²) >= 11 is 1.25. The van der Waals surface area contributed by atoms with Gasteiger partial charge in [0, 0.05) is 30.6 Å². The molecule has 0 atom stereocenters. The van der Waals surface area contributed by atoms with Crippen molar-refractivity contribution in [3.8, 4) is 5.75 Å². The lowest BCUT2D eigenvalue weighted by molar-refractivity contribution is -0.274. The topological polar surface area (TPSA) is 59.9 Å². The van der Waals surface area contributed by atoms with E-state index in [2.05, 4.69) is 25.0 Å². The highest BCUT2D eigenvalue weighted by Crippen LogP contribution is 2.31. The van der Waals surface area contributed by atoms with E-state index in [4.69, 9.17) is 0 Å². The Morgan fingerprint density at radius 3 is 2.68 bits per heavy atom. The van der Waals surface area contributed by atoms with Crippen LogP contribution in [0.2, 0.25) is 0 Å². The number of hydrogen-bond acceptors (Lipinski definition) is 6. The van der Waals surface area contributed by atoms with Gasteiger partial charge in [0.15, 0.2) is 5.13 Å². The maximum absolute atomic E-state index is 12.2. The molecule has 0 saturated heterocycles. The molecule has 0 bridgehead atoms. The van der Waals surface area contributed by atoms with Crippen LogP contribution in [0.15, 0.2) is 36.9 Å². The van der Waals surface area contributed by atoms with Gasteiger partial charge in [0.2, 0.25) is 0 Å². The molecule has 5 nitrogen and oxygen atoms in total. The van der Waals surface area contributed by atoms with Gasteiger partial charge in [-0.3, -0.25) is 0 Å². The van der Waals surface area contributed by atoms with E-state index in [-0.39, 0.29) is 5.75 Å². The zero-order chi connectivity index (χ0) is 15.6. The van der Waals surface area contributed by atoms with Crippen LogP contribution in [-0.4, -0.2) is 21.3 Å². The van der Waals surface area contributed by atoms with Gasteiger partial charge in [-0.05, 0) is 12.1 Å². The monoisotopic (exact) mass is 326 g/mol. The van der Waals surface area contributed by atoms with E-state index in [1.807, 2.05) is 0 Å². The summed E-state index contributed by atoms with van der Waals surface area (Å²) in [5, 5.41) is 3.68. The number of benzene rings is 1. The first-order chi connectivity index (χ1) is 10.5. The van der Waals surface area contributed by atoms with Crippen LogP contribution >= 0.6 is 11.3 Å². The molecule has 1 N–H and O–H groups in total. The van der Waals surface area contributed by atoms with Gasteiger partial charge >= 0.3 is 6.36 Å². The summed E-state index contributed by atoms with van der Waals surface area (Å²) < 4.78 is 41.1. The van der Waals surface area contributed by atoms with Crippen molar-refractivity contribution >= 4 is 26.7 Å². The van der Waals surface area contributed by atoms with Crippen molar-refractivity contribution in [3.05, 3.63) is 42.5 Å². The van der Waals surface area contributed by atoms with E-state index in [1.54, 1.807) is 12.4 Å². The molecule has 0 spiro atoms. The zero-order valence-electron chi connectivity index (χ0n) is 11.0. The Labute approximate surface area is 126 Å². The van der Waals surface area contributed by atoms with Gasteiger partial charge in [-0.25, -0.2) is 15.0 Å². The lowest BCUT2D eigenvalue weighted by Gasteiger charge is -2.07. The molecule has 0 aliphatic carbocycles. The number of nitrogens with zero attached hydrogens (tertiary/aromatic N) is 3. The smallest absolute Gasteiger partial charge is 0.406 e. The molecule has 9 heteroatoms. The number of rotatable bonds is 4. The van der Waals surface area contributed by atoms with Crippen molar-refractivity contribution in [2.75, 3.05) is 5.32 Å². The minimum absolute atomic E-state index is 0.258. The van der Waals surface area contributed by atoms with Crippen molar-refractivity contribution in [3.63, 3.8) is 0 Å². The average molecular weight is 326 g/mol. The first-order valence-electron chi connectivity index (χ1n) is 6.14. The molecule has 1 aromatic carbocycles. The SMILES string of the molecule is FC(F)(F)Oc1ccc2nc(NCc3cncnc3)sc2c1. The maximum atomic E-state index is 12.2. The Morgan fingerprint density at radius 2 is 1.95 bits per heavy atom. The zero-order valence-corrected chi connectivity index (χ0v) is 11.8. The average Bonchev–Trinajstić information content (AvgIpc) is 2.86. The number of aromatic nitrogens is 3. The normalized spacial score (nSPS) is 11.6. The second kappa shape index (κ2) is 5.76. The highest BCUT2D eigenvalue weighted by atomic mass is 32.1. The van der Waals surface area contributed by atoms with E-state index in [0.717, 1.165) is 5.56 Å². The molecule has 0 aliphatic heterocycles. The van der Waals surface area contributed by atoms with Gasteiger partial charge in [-0.2, -0.15) is 0 Å². The summed E-state index contributed by atoms with van der Waals surface area (Å²) in [4.78, 5) is 12.1. The molecule has 22 heavy (non-hydrogen) atoms. The van der Waals surface area contributed by atoms with E-state index in [1.165, 1.54) is 35.9 Å². The third-order valence-corrected chi connectivity index (χ3v) is 3.63. The van der Waals surface area contributed by atoms with Gasteiger partial charge in [0.25, 0.3) is 0 Å². The fourth-order valence-electron chi connectivity index (χ4n) is 1.78. The molecule has 0 unspecified atom stereocenters. The Balaban J connectivity index is 1.75. The third kappa shape index (κ3) is 3.61. The van der Waals surface area contributed by atoms with Crippen LogP contribution in [0.3, 0.4) is 0 Å². The molecular weight excluding hydrogens is 317 g/mol. The number of halogens is 3. The molecule has 0 amide bonds. The Kier molecular flexibility index (Phi) is 3.80. The largest absolute Gasteiger partial charge is 0.573 e. The second-order valence-corrected chi connectivity index (χ2v) is 5.33. The minimum Gasteiger partial charge on any atom is -0.406 e. The Bertz CT molecular complexity index is 776. The molecule has 3 rings (SSSR count). The van der Waals surface area contributed by atoms with Gasteiger partial charge in [0.1, 0.15) is 12.1 Å². The molecule has 2 heterocycles. The molecule has 2 aromatic heterocycles. The standard InChI is InChI=1S/C13H9F3N4OS/c14-13(15,16)21-9-1-2-10-11(3-9)22-12(20-10)19-6-8-4-17-7-18-5-8/h1-5,7H,6H2,(H,19,20). The van der Waals surface area contributed by atoms with Crippen LogP contribution in [0.5, 0.6) is 5.75 Å². The van der Waals surface area contributed by atoms with E-state index >= 15 is 0 Å². The highest BCUT2D eigenvalue weighted by molar-refractivity contribution is 7.22. The third-order valence-electron chi connectivity index (χ3n) is 2.65. The van der Waals surface area contributed by atoms with Crippen LogP contribution < -0.4 is 10.1 Å². The van der Waals surface area contributed by atoms with Crippen LogP contribution in [0.25, 0.3) is 10.2 Å². The molecule has 0 fully saturated rings. The first kappa shape index (κ1) is 14.5. The van der Waals surface area contributed by atoms with Gasteiger partial charge in [-0.15, -0.1) is 13.2 Å². The molecule has 3 aromatic rings.